The van der Waals surface area contributed by atoms with Gasteiger partial charge in [0.1, 0.15) is 5.76 Å². The van der Waals surface area contributed by atoms with Gasteiger partial charge in [0.2, 0.25) is 5.91 Å². The van der Waals surface area contributed by atoms with E-state index in [2.05, 4.69) is 10.3 Å². The van der Waals surface area contributed by atoms with Crippen LogP contribution in [-0.4, -0.2) is 25.7 Å². The molecule has 1 N–H and O–H groups in total. The van der Waals surface area contributed by atoms with E-state index in [0.717, 1.165) is 5.56 Å². The van der Waals surface area contributed by atoms with Crippen LogP contribution in [0.5, 0.6) is 0 Å². The molecule has 4 aromatic rings. The van der Waals surface area contributed by atoms with E-state index in [-0.39, 0.29) is 23.9 Å². The Morgan fingerprint density at radius 1 is 1.24 bits per heavy atom. The number of benzene rings is 1. The van der Waals surface area contributed by atoms with E-state index < -0.39 is 5.25 Å². The lowest BCUT2D eigenvalue weighted by Gasteiger charge is -2.21. The Bertz CT molecular complexity index is 1310. The summed E-state index contributed by atoms with van der Waals surface area (Å²) in [6.07, 6.45) is 4.96. The number of hydrogen-bond acceptors (Lipinski definition) is 6. The van der Waals surface area contributed by atoms with E-state index in [0.29, 0.717) is 33.4 Å². The van der Waals surface area contributed by atoms with Gasteiger partial charge in [-0.2, -0.15) is 0 Å². The minimum absolute atomic E-state index is 0.00655. The lowest BCUT2D eigenvalue weighted by molar-refractivity contribution is -0.121. The standard InChI is InChI=1S/C24H23ClN4O3S/c1-15(2)21(22(30)27-13-16-5-3-9-26-12-16)33-24-28-20-11-17(25)7-8-19(20)23(31)29(24)14-18-6-4-10-32-18/h3-12,15,21H,13-14H2,1-2H3,(H,27,30). The quantitative estimate of drug-likeness (QED) is 0.293. The summed E-state index contributed by atoms with van der Waals surface area (Å²) in [5, 5.41) is 3.88. The molecule has 0 saturated heterocycles. The third kappa shape index (κ3) is 5.46. The van der Waals surface area contributed by atoms with Crippen LogP contribution in [0.25, 0.3) is 10.9 Å². The average Bonchev–Trinajstić information content (AvgIpc) is 3.31. The van der Waals surface area contributed by atoms with Gasteiger partial charge in [-0.3, -0.25) is 19.1 Å². The molecule has 170 valence electrons. The zero-order valence-electron chi connectivity index (χ0n) is 18.2. The molecule has 0 bridgehead atoms. The minimum Gasteiger partial charge on any atom is -0.467 e. The number of halogens is 1. The Kier molecular flexibility index (Phi) is 7.15. The first-order valence-electron chi connectivity index (χ1n) is 10.5. The first-order chi connectivity index (χ1) is 15.9. The lowest BCUT2D eigenvalue weighted by atomic mass is 10.1. The number of thioether (sulfide) groups is 1. The number of fused-ring (bicyclic) bond motifs is 1. The number of furan rings is 1. The number of amides is 1. The van der Waals surface area contributed by atoms with Gasteiger partial charge in [0, 0.05) is 24.0 Å². The molecular formula is C24H23ClN4O3S. The molecule has 33 heavy (non-hydrogen) atoms. The summed E-state index contributed by atoms with van der Waals surface area (Å²) in [7, 11) is 0. The topological polar surface area (TPSA) is 90.0 Å². The highest BCUT2D eigenvalue weighted by Gasteiger charge is 2.26. The summed E-state index contributed by atoms with van der Waals surface area (Å²) < 4.78 is 7.01. The molecule has 0 saturated carbocycles. The number of carbonyl (C=O) groups is 1. The van der Waals surface area contributed by atoms with E-state index in [1.807, 2.05) is 26.0 Å². The van der Waals surface area contributed by atoms with E-state index in [9.17, 15) is 9.59 Å². The minimum atomic E-state index is -0.465. The molecule has 0 radical (unpaired) electrons. The summed E-state index contributed by atoms with van der Waals surface area (Å²) in [6.45, 7) is 4.51. The van der Waals surface area contributed by atoms with Gasteiger partial charge in [0.05, 0.1) is 29.0 Å². The van der Waals surface area contributed by atoms with Gasteiger partial charge in [-0.15, -0.1) is 0 Å². The number of pyridine rings is 1. The van der Waals surface area contributed by atoms with Crippen LogP contribution in [0.1, 0.15) is 25.2 Å². The number of nitrogens with zero attached hydrogens (tertiary/aromatic N) is 3. The molecule has 4 rings (SSSR count). The van der Waals surface area contributed by atoms with Crippen molar-refractivity contribution < 1.29 is 9.21 Å². The van der Waals surface area contributed by atoms with Gasteiger partial charge in [-0.25, -0.2) is 4.98 Å². The Balaban J connectivity index is 1.68. The van der Waals surface area contributed by atoms with Crippen LogP contribution in [0.3, 0.4) is 0 Å². The fourth-order valence-corrected chi connectivity index (χ4v) is 4.64. The zero-order valence-corrected chi connectivity index (χ0v) is 19.8. The Morgan fingerprint density at radius 2 is 2.09 bits per heavy atom. The van der Waals surface area contributed by atoms with Gasteiger partial charge in [0.25, 0.3) is 5.56 Å². The van der Waals surface area contributed by atoms with Crippen molar-refractivity contribution in [3.63, 3.8) is 0 Å². The van der Waals surface area contributed by atoms with Gasteiger partial charge in [-0.05, 0) is 47.9 Å². The zero-order chi connectivity index (χ0) is 23.4. The summed E-state index contributed by atoms with van der Waals surface area (Å²) >= 11 is 7.41. The van der Waals surface area contributed by atoms with Crippen molar-refractivity contribution in [2.45, 2.75) is 37.3 Å². The van der Waals surface area contributed by atoms with Crippen molar-refractivity contribution in [1.82, 2.24) is 19.9 Å². The SMILES string of the molecule is CC(C)C(Sc1nc2cc(Cl)ccc2c(=O)n1Cc1ccco1)C(=O)NCc1cccnc1. The maximum Gasteiger partial charge on any atom is 0.262 e. The van der Waals surface area contributed by atoms with Crippen LogP contribution in [0.15, 0.2) is 75.5 Å². The van der Waals surface area contributed by atoms with E-state index in [1.165, 1.54) is 11.8 Å². The number of aromatic nitrogens is 3. The lowest BCUT2D eigenvalue weighted by Crippen LogP contribution is -2.36. The summed E-state index contributed by atoms with van der Waals surface area (Å²) in [5.41, 5.74) is 1.18. The molecule has 0 fully saturated rings. The second kappa shape index (κ2) is 10.2. The Hall–Kier alpha value is -3.10. The summed E-state index contributed by atoms with van der Waals surface area (Å²) in [4.78, 5) is 35.2. The van der Waals surface area contributed by atoms with Crippen molar-refractivity contribution in [2.75, 3.05) is 0 Å². The third-order valence-corrected chi connectivity index (χ3v) is 6.83. The van der Waals surface area contributed by atoms with Crippen LogP contribution in [-0.2, 0) is 17.9 Å². The Morgan fingerprint density at radius 3 is 2.79 bits per heavy atom. The fraction of sp³-hybridized carbons (Fsp3) is 0.250. The summed E-state index contributed by atoms with van der Waals surface area (Å²) in [5.74, 6) is 0.480. The van der Waals surface area contributed by atoms with Gasteiger partial charge in [-0.1, -0.05) is 43.3 Å². The van der Waals surface area contributed by atoms with Crippen LogP contribution >= 0.6 is 23.4 Å². The van der Waals surface area contributed by atoms with Crippen molar-refractivity contribution in [1.29, 1.82) is 0 Å². The van der Waals surface area contributed by atoms with Crippen molar-refractivity contribution in [2.24, 2.45) is 5.92 Å². The number of hydrogen-bond donors (Lipinski definition) is 1. The highest BCUT2D eigenvalue weighted by Crippen LogP contribution is 2.29. The van der Waals surface area contributed by atoms with Gasteiger partial charge < -0.3 is 9.73 Å². The first kappa shape index (κ1) is 23.1. The molecule has 0 aliphatic rings. The number of carbonyl (C=O) groups excluding carboxylic acids is 1. The van der Waals surface area contributed by atoms with E-state index >= 15 is 0 Å². The van der Waals surface area contributed by atoms with Crippen LogP contribution in [0.4, 0.5) is 0 Å². The van der Waals surface area contributed by atoms with Gasteiger partial charge in [0.15, 0.2) is 5.16 Å². The normalized spacial score (nSPS) is 12.2. The molecule has 9 heteroatoms. The second-order valence-corrected chi connectivity index (χ2v) is 9.43. The molecule has 3 aromatic heterocycles. The second-order valence-electron chi connectivity index (χ2n) is 7.89. The van der Waals surface area contributed by atoms with E-state index in [1.54, 1.807) is 53.6 Å². The highest BCUT2D eigenvalue weighted by atomic mass is 35.5. The first-order valence-corrected chi connectivity index (χ1v) is 11.7. The highest BCUT2D eigenvalue weighted by molar-refractivity contribution is 8.00. The molecule has 7 nitrogen and oxygen atoms in total. The van der Waals surface area contributed by atoms with Crippen LogP contribution in [0.2, 0.25) is 5.02 Å². The molecule has 0 aliphatic carbocycles. The van der Waals surface area contributed by atoms with Crippen molar-refractivity contribution >= 4 is 40.2 Å². The molecule has 1 unspecified atom stereocenters. The van der Waals surface area contributed by atoms with Crippen LogP contribution in [0, 0.1) is 5.92 Å². The molecule has 3 heterocycles. The van der Waals surface area contributed by atoms with Crippen molar-refractivity contribution in [3.05, 3.63) is 87.8 Å². The molecular weight excluding hydrogens is 460 g/mol. The van der Waals surface area contributed by atoms with Gasteiger partial charge >= 0.3 is 0 Å². The molecule has 1 atom stereocenters. The maximum absolute atomic E-state index is 13.3. The predicted octanol–water partition coefficient (Wildman–Crippen LogP) is 4.52. The number of nitrogens with one attached hydrogen (secondary N) is 1. The monoisotopic (exact) mass is 482 g/mol. The average molecular weight is 483 g/mol. The summed E-state index contributed by atoms with van der Waals surface area (Å²) in [6, 6.07) is 12.3. The molecule has 0 aliphatic heterocycles. The fourth-order valence-electron chi connectivity index (χ4n) is 3.36. The van der Waals surface area contributed by atoms with E-state index in [4.69, 9.17) is 21.0 Å². The largest absolute Gasteiger partial charge is 0.467 e. The molecule has 0 spiro atoms. The van der Waals surface area contributed by atoms with Crippen LogP contribution < -0.4 is 10.9 Å². The molecule has 1 amide bonds. The maximum atomic E-state index is 13.3. The smallest absolute Gasteiger partial charge is 0.262 e. The number of rotatable bonds is 8. The third-order valence-electron chi connectivity index (χ3n) is 5.06. The van der Waals surface area contributed by atoms with Crippen molar-refractivity contribution in [3.8, 4) is 0 Å². The molecule has 1 aromatic carbocycles. The Labute approximate surface area is 200 Å². The predicted molar refractivity (Wildman–Crippen MR) is 129 cm³/mol.